The average molecular weight is 291 g/mol. The molecule has 0 spiro atoms. The Bertz CT molecular complexity index is 474. The van der Waals surface area contributed by atoms with Gasteiger partial charge in [0, 0.05) is 11.1 Å². The zero-order valence-electron chi connectivity index (χ0n) is 11.8. The monoisotopic (exact) mass is 290 g/mol. The minimum atomic E-state index is 0.267. The predicted octanol–water partition coefficient (Wildman–Crippen LogP) is 3.92. The molecule has 3 N–H and O–H groups in total. The fourth-order valence-electron chi connectivity index (χ4n) is 5.64. The SMILES string of the molecule is NNC(c1cccc(Cl)c1)C1C2CC3CC(C2)CC1C3. The molecule has 0 radical (unpaired) electrons. The molecule has 2 nitrogen and oxygen atoms in total. The number of hydrogen-bond donors (Lipinski definition) is 2. The van der Waals surface area contributed by atoms with E-state index in [0.29, 0.717) is 5.92 Å². The fourth-order valence-corrected chi connectivity index (χ4v) is 5.84. The van der Waals surface area contributed by atoms with Gasteiger partial charge in [-0.3, -0.25) is 11.3 Å². The summed E-state index contributed by atoms with van der Waals surface area (Å²) < 4.78 is 0. The number of halogens is 1. The summed E-state index contributed by atoms with van der Waals surface area (Å²) in [5, 5.41) is 0.812. The van der Waals surface area contributed by atoms with Gasteiger partial charge in [0.05, 0.1) is 0 Å². The van der Waals surface area contributed by atoms with Gasteiger partial charge < -0.3 is 0 Å². The Morgan fingerprint density at radius 2 is 1.70 bits per heavy atom. The Labute approximate surface area is 126 Å². The lowest BCUT2D eigenvalue weighted by Crippen LogP contribution is -2.50. The summed E-state index contributed by atoms with van der Waals surface area (Å²) in [4.78, 5) is 0. The molecular weight excluding hydrogens is 268 g/mol. The van der Waals surface area contributed by atoms with Crippen LogP contribution in [-0.4, -0.2) is 0 Å². The molecule has 5 rings (SSSR count). The Morgan fingerprint density at radius 1 is 1.05 bits per heavy atom. The van der Waals surface area contributed by atoms with Gasteiger partial charge in [-0.25, -0.2) is 0 Å². The van der Waals surface area contributed by atoms with Crippen molar-refractivity contribution in [1.29, 1.82) is 0 Å². The summed E-state index contributed by atoms with van der Waals surface area (Å²) in [7, 11) is 0. The van der Waals surface area contributed by atoms with Gasteiger partial charge in [-0.15, -0.1) is 0 Å². The third-order valence-electron chi connectivity index (χ3n) is 6.07. The van der Waals surface area contributed by atoms with Crippen molar-refractivity contribution in [3.8, 4) is 0 Å². The van der Waals surface area contributed by atoms with Crippen LogP contribution in [-0.2, 0) is 0 Å². The zero-order chi connectivity index (χ0) is 13.7. The van der Waals surface area contributed by atoms with E-state index in [1.165, 1.54) is 37.7 Å². The van der Waals surface area contributed by atoms with E-state index in [-0.39, 0.29) is 6.04 Å². The van der Waals surface area contributed by atoms with E-state index in [1.54, 1.807) is 0 Å². The molecule has 1 unspecified atom stereocenters. The average Bonchev–Trinajstić information content (AvgIpc) is 2.42. The van der Waals surface area contributed by atoms with Gasteiger partial charge in [-0.2, -0.15) is 0 Å². The van der Waals surface area contributed by atoms with Crippen LogP contribution in [0, 0.1) is 29.6 Å². The molecular formula is C17H23ClN2. The second kappa shape index (κ2) is 5.01. The first-order valence-corrected chi connectivity index (χ1v) is 8.34. The molecule has 4 aliphatic carbocycles. The van der Waals surface area contributed by atoms with E-state index in [1.807, 2.05) is 12.1 Å². The molecule has 0 saturated heterocycles. The van der Waals surface area contributed by atoms with Crippen LogP contribution in [0.15, 0.2) is 24.3 Å². The number of nitrogens with one attached hydrogen (secondary N) is 1. The van der Waals surface area contributed by atoms with Crippen molar-refractivity contribution < 1.29 is 0 Å². The Kier molecular flexibility index (Phi) is 3.29. The fraction of sp³-hybridized carbons (Fsp3) is 0.647. The van der Waals surface area contributed by atoms with E-state index < -0.39 is 0 Å². The molecule has 4 saturated carbocycles. The summed E-state index contributed by atoms with van der Waals surface area (Å²) in [6.07, 6.45) is 7.21. The first-order chi connectivity index (χ1) is 9.74. The van der Waals surface area contributed by atoms with Gasteiger partial charge in [0.15, 0.2) is 0 Å². The molecule has 4 bridgehead atoms. The third-order valence-corrected chi connectivity index (χ3v) is 6.31. The highest BCUT2D eigenvalue weighted by Gasteiger charge is 2.50. The van der Waals surface area contributed by atoms with E-state index >= 15 is 0 Å². The molecule has 0 aliphatic heterocycles. The normalized spacial score (nSPS) is 40.0. The van der Waals surface area contributed by atoms with Crippen molar-refractivity contribution in [2.75, 3.05) is 0 Å². The molecule has 3 heteroatoms. The first kappa shape index (κ1) is 13.1. The molecule has 0 amide bonds. The lowest BCUT2D eigenvalue weighted by atomic mass is 9.50. The molecule has 1 atom stereocenters. The predicted molar refractivity (Wildman–Crippen MR) is 82.1 cm³/mol. The summed E-state index contributed by atoms with van der Waals surface area (Å²) in [6.45, 7) is 0. The highest BCUT2D eigenvalue weighted by atomic mass is 35.5. The van der Waals surface area contributed by atoms with E-state index in [2.05, 4.69) is 17.6 Å². The maximum Gasteiger partial charge on any atom is 0.0493 e. The van der Waals surface area contributed by atoms with Gasteiger partial charge in [-0.1, -0.05) is 23.7 Å². The summed E-state index contributed by atoms with van der Waals surface area (Å²) in [5.74, 6) is 10.4. The van der Waals surface area contributed by atoms with Crippen molar-refractivity contribution in [2.24, 2.45) is 35.4 Å². The lowest BCUT2D eigenvalue weighted by molar-refractivity contribution is -0.0525. The van der Waals surface area contributed by atoms with Gasteiger partial charge in [0.25, 0.3) is 0 Å². The summed E-state index contributed by atoms with van der Waals surface area (Å²) in [5.41, 5.74) is 4.38. The van der Waals surface area contributed by atoms with Crippen molar-refractivity contribution in [3.05, 3.63) is 34.9 Å². The van der Waals surface area contributed by atoms with Crippen LogP contribution >= 0.6 is 11.6 Å². The number of rotatable bonds is 3. The molecule has 20 heavy (non-hydrogen) atoms. The second-order valence-corrected chi connectivity index (χ2v) is 7.64. The Morgan fingerprint density at radius 3 is 2.25 bits per heavy atom. The number of nitrogens with two attached hydrogens (primary N) is 1. The second-order valence-electron chi connectivity index (χ2n) is 7.21. The maximum absolute atomic E-state index is 6.17. The van der Waals surface area contributed by atoms with Crippen LogP contribution in [0.4, 0.5) is 0 Å². The molecule has 1 aromatic carbocycles. The quantitative estimate of drug-likeness (QED) is 0.654. The Hall–Kier alpha value is -0.570. The van der Waals surface area contributed by atoms with Crippen LogP contribution in [0.1, 0.15) is 43.7 Å². The van der Waals surface area contributed by atoms with Gasteiger partial charge in [0.1, 0.15) is 0 Å². The molecule has 108 valence electrons. The minimum absolute atomic E-state index is 0.267. The minimum Gasteiger partial charge on any atom is -0.271 e. The topological polar surface area (TPSA) is 38.0 Å². The van der Waals surface area contributed by atoms with Gasteiger partial charge in [0.2, 0.25) is 0 Å². The molecule has 4 aliphatic rings. The zero-order valence-corrected chi connectivity index (χ0v) is 12.5. The van der Waals surface area contributed by atoms with Crippen molar-refractivity contribution in [2.45, 2.75) is 38.1 Å². The van der Waals surface area contributed by atoms with Gasteiger partial charge in [-0.05, 0) is 79.4 Å². The van der Waals surface area contributed by atoms with Crippen molar-refractivity contribution in [3.63, 3.8) is 0 Å². The molecule has 4 fully saturated rings. The highest BCUT2D eigenvalue weighted by molar-refractivity contribution is 6.30. The van der Waals surface area contributed by atoms with Crippen LogP contribution in [0.2, 0.25) is 5.02 Å². The first-order valence-electron chi connectivity index (χ1n) is 7.96. The third kappa shape index (κ3) is 2.09. The van der Waals surface area contributed by atoms with E-state index in [4.69, 9.17) is 17.4 Å². The summed E-state index contributed by atoms with van der Waals surface area (Å²) in [6, 6.07) is 8.50. The van der Waals surface area contributed by atoms with Crippen LogP contribution in [0.25, 0.3) is 0 Å². The maximum atomic E-state index is 6.17. The van der Waals surface area contributed by atoms with Crippen molar-refractivity contribution in [1.82, 2.24) is 5.43 Å². The lowest BCUT2D eigenvalue weighted by Gasteiger charge is -2.56. The largest absolute Gasteiger partial charge is 0.271 e. The van der Waals surface area contributed by atoms with Crippen LogP contribution in [0.5, 0.6) is 0 Å². The smallest absolute Gasteiger partial charge is 0.0493 e. The number of hydrogen-bond acceptors (Lipinski definition) is 2. The van der Waals surface area contributed by atoms with Crippen molar-refractivity contribution >= 4 is 11.6 Å². The van der Waals surface area contributed by atoms with Gasteiger partial charge >= 0.3 is 0 Å². The molecule has 0 heterocycles. The Balaban J connectivity index is 1.65. The number of benzene rings is 1. The van der Waals surface area contributed by atoms with Crippen LogP contribution in [0.3, 0.4) is 0 Å². The van der Waals surface area contributed by atoms with E-state index in [9.17, 15) is 0 Å². The molecule has 1 aromatic rings. The van der Waals surface area contributed by atoms with E-state index in [0.717, 1.165) is 28.7 Å². The number of hydrazine groups is 1. The summed E-state index contributed by atoms with van der Waals surface area (Å²) >= 11 is 6.17. The highest BCUT2D eigenvalue weighted by Crippen LogP contribution is 2.59. The molecule has 0 aromatic heterocycles. The van der Waals surface area contributed by atoms with Crippen LogP contribution < -0.4 is 11.3 Å². The standard InChI is InChI=1S/C17H23ClN2/c18-15-3-1-2-12(9-15)17(20-19)16-13-5-10-4-11(7-13)8-14(16)6-10/h1-3,9-11,13-14,16-17,20H,4-8,19H2.